The van der Waals surface area contributed by atoms with Gasteiger partial charge in [-0.1, -0.05) is 69.4 Å². The topological polar surface area (TPSA) is 75.5 Å². The molecule has 0 radical (unpaired) electrons. The minimum absolute atomic E-state index is 0.357. The molecular formula is C29H33N5O3. The number of hydrogen-bond acceptors (Lipinski definition) is 4. The van der Waals surface area contributed by atoms with Crippen LogP contribution in [0.25, 0.3) is 33.9 Å². The molecule has 0 aliphatic rings. The molecule has 192 valence electrons. The van der Waals surface area contributed by atoms with E-state index in [1.165, 1.54) is 43.7 Å². The van der Waals surface area contributed by atoms with Gasteiger partial charge in [0.15, 0.2) is 11.2 Å². The standard InChI is InChI=1S/C29H33N5O3/c1-4-5-6-7-8-12-19-37-23-17-15-22(16-18-23)34-24(21-13-10-9-11-14-21)20-33-25-26(30-28(33)34)31(2)29(36)32(3)27(25)35/h9-11,13-18,20H,4-8,12,19H2,1-3H3. The van der Waals surface area contributed by atoms with E-state index in [9.17, 15) is 9.59 Å². The smallest absolute Gasteiger partial charge is 0.332 e. The fourth-order valence-corrected chi connectivity index (χ4v) is 4.80. The molecule has 0 atom stereocenters. The lowest BCUT2D eigenvalue weighted by molar-refractivity contribution is 0.304. The number of unbranched alkanes of at least 4 members (excludes halogenated alkanes) is 5. The number of benzene rings is 2. The Bertz CT molecular complexity index is 1640. The van der Waals surface area contributed by atoms with Gasteiger partial charge in [0.25, 0.3) is 5.56 Å². The fourth-order valence-electron chi connectivity index (χ4n) is 4.80. The monoisotopic (exact) mass is 499 g/mol. The molecule has 8 heteroatoms. The molecule has 0 saturated carbocycles. The van der Waals surface area contributed by atoms with Crippen molar-refractivity contribution in [3.63, 3.8) is 0 Å². The van der Waals surface area contributed by atoms with Crippen LogP contribution in [0, 0.1) is 0 Å². The summed E-state index contributed by atoms with van der Waals surface area (Å²) in [7, 11) is 3.12. The fraction of sp³-hybridized carbons (Fsp3) is 0.345. The molecule has 8 nitrogen and oxygen atoms in total. The van der Waals surface area contributed by atoms with E-state index in [0.29, 0.717) is 23.5 Å². The van der Waals surface area contributed by atoms with Crippen molar-refractivity contribution in [1.82, 2.24) is 23.1 Å². The summed E-state index contributed by atoms with van der Waals surface area (Å²) in [5, 5.41) is 0. The second-order valence-electron chi connectivity index (χ2n) is 9.49. The van der Waals surface area contributed by atoms with Gasteiger partial charge in [-0.05, 0) is 30.7 Å². The Hall–Kier alpha value is -4.07. The van der Waals surface area contributed by atoms with Crippen molar-refractivity contribution in [1.29, 1.82) is 0 Å². The maximum Gasteiger partial charge on any atom is 0.332 e. The Morgan fingerprint density at radius 2 is 1.54 bits per heavy atom. The molecule has 0 fully saturated rings. The number of rotatable bonds is 10. The first-order chi connectivity index (χ1) is 18.0. The summed E-state index contributed by atoms with van der Waals surface area (Å²) < 4.78 is 12.3. The van der Waals surface area contributed by atoms with E-state index >= 15 is 0 Å². The van der Waals surface area contributed by atoms with Crippen molar-refractivity contribution < 1.29 is 4.74 Å². The second-order valence-corrected chi connectivity index (χ2v) is 9.49. The third-order valence-corrected chi connectivity index (χ3v) is 6.90. The summed E-state index contributed by atoms with van der Waals surface area (Å²) in [6, 6.07) is 17.9. The molecule has 5 aromatic rings. The third kappa shape index (κ3) is 4.59. The van der Waals surface area contributed by atoms with E-state index < -0.39 is 5.69 Å². The van der Waals surface area contributed by atoms with E-state index in [2.05, 4.69) is 6.92 Å². The van der Waals surface area contributed by atoms with Gasteiger partial charge in [-0.25, -0.2) is 4.79 Å². The second kappa shape index (κ2) is 10.5. The van der Waals surface area contributed by atoms with Crippen LogP contribution in [0.3, 0.4) is 0 Å². The third-order valence-electron chi connectivity index (χ3n) is 6.90. The van der Waals surface area contributed by atoms with Gasteiger partial charge in [-0.2, -0.15) is 4.98 Å². The van der Waals surface area contributed by atoms with Gasteiger partial charge >= 0.3 is 5.69 Å². The molecule has 3 aromatic heterocycles. The highest BCUT2D eigenvalue weighted by Gasteiger charge is 2.21. The van der Waals surface area contributed by atoms with Gasteiger partial charge in [0.1, 0.15) is 5.75 Å². The van der Waals surface area contributed by atoms with Crippen LogP contribution in [0.2, 0.25) is 0 Å². The van der Waals surface area contributed by atoms with Crippen molar-refractivity contribution in [2.75, 3.05) is 6.61 Å². The quantitative estimate of drug-likeness (QED) is 0.251. The summed E-state index contributed by atoms with van der Waals surface area (Å²) in [4.78, 5) is 30.3. The Morgan fingerprint density at radius 3 is 2.27 bits per heavy atom. The highest BCUT2D eigenvalue weighted by molar-refractivity contribution is 5.79. The molecule has 0 amide bonds. The highest BCUT2D eigenvalue weighted by atomic mass is 16.5. The lowest BCUT2D eigenvalue weighted by Crippen LogP contribution is -2.37. The first-order valence-corrected chi connectivity index (χ1v) is 13.0. The molecule has 0 saturated heterocycles. The Balaban J connectivity index is 1.53. The summed E-state index contributed by atoms with van der Waals surface area (Å²) in [6.45, 7) is 2.93. The zero-order chi connectivity index (χ0) is 25.9. The van der Waals surface area contributed by atoms with Gasteiger partial charge in [0.05, 0.1) is 12.3 Å². The molecule has 0 aliphatic heterocycles. The molecule has 0 unspecified atom stereocenters. The minimum atomic E-state index is -0.403. The maximum atomic E-state index is 13.1. The van der Waals surface area contributed by atoms with Gasteiger partial charge in [-0.3, -0.25) is 22.9 Å². The first-order valence-electron chi connectivity index (χ1n) is 13.0. The average Bonchev–Trinajstić information content (AvgIpc) is 3.48. The predicted molar refractivity (Wildman–Crippen MR) is 147 cm³/mol. The molecular weight excluding hydrogens is 466 g/mol. The number of aromatic nitrogens is 5. The molecule has 0 aliphatic carbocycles. The van der Waals surface area contributed by atoms with Crippen LogP contribution >= 0.6 is 0 Å². The molecule has 0 spiro atoms. The van der Waals surface area contributed by atoms with E-state index in [4.69, 9.17) is 9.72 Å². The zero-order valence-corrected chi connectivity index (χ0v) is 21.7. The van der Waals surface area contributed by atoms with Crippen molar-refractivity contribution in [2.24, 2.45) is 14.1 Å². The number of imidazole rings is 2. The molecule has 0 N–H and O–H groups in total. The summed E-state index contributed by atoms with van der Waals surface area (Å²) >= 11 is 0. The van der Waals surface area contributed by atoms with E-state index in [1.807, 2.05) is 65.4 Å². The molecule has 3 heterocycles. The van der Waals surface area contributed by atoms with Gasteiger partial charge < -0.3 is 4.74 Å². The van der Waals surface area contributed by atoms with E-state index in [-0.39, 0.29) is 5.56 Å². The molecule has 0 bridgehead atoms. The van der Waals surface area contributed by atoms with Crippen LogP contribution < -0.4 is 16.0 Å². The lowest BCUT2D eigenvalue weighted by atomic mass is 10.1. The Labute approximate surface area is 215 Å². The average molecular weight is 500 g/mol. The lowest BCUT2D eigenvalue weighted by Gasteiger charge is -2.11. The first kappa shape index (κ1) is 24.6. The zero-order valence-electron chi connectivity index (χ0n) is 21.7. The van der Waals surface area contributed by atoms with Gasteiger partial charge in [0, 0.05) is 31.5 Å². The van der Waals surface area contributed by atoms with E-state index in [1.54, 1.807) is 11.4 Å². The van der Waals surface area contributed by atoms with Crippen molar-refractivity contribution in [3.05, 3.63) is 81.6 Å². The highest BCUT2D eigenvalue weighted by Crippen LogP contribution is 2.29. The van der Waals surface area contributed by atoms with Crippen molar-refractivity contribution in [2.45, 2.75) is 45.4 Å². The number of fused-ring (bicyclic) bond motifs is 3. The Kier molecular flexibility index (Phi) is 6.99. The number of hydrogen-bond donors (Lipinski definition) is 0. The van der Waals surface area contributed by atoms with Crippen LogP contribution in [0.15, 0.2) is 70.4 Å². The molecule has 2 aromatic carbocycles. The van der Waals surface area contributed by atoms with Gasteiger partial charge in [-0.15, -0.1) is 0 Å². The predicted octanol–water partition coefficient (Wildman–Crippen LogP) is 5.08. The summed E-state index contributed by atoms with van der Waals surface area (Å²) in [6.07, 6.45) is 9.27. The number of aryl methyl sites for hydroxylation is 1. The van der Waals surface area contributed by atoms with Crippen LogP contribution in [0.1, 0.15) is 45.4 Å². The normalized spacial score (nSPS) is 11.5. The Morgan fingerprint density at radius 1 is 0.838 bits per heavy atom. The SMILES string of the molecule is CCCCCCCCOc1ccc(-n2c(-c3ccccc3)cn3c4c(=O)n(C)c(=O)n(C)c4nc23)cc1. The van der Waals surface area contributed by atoms with E-state index in [0.717, 1.165) is 33.7 Å². The number of nitrogens with zero attached hydrogens (tertiary/aromatic N) is 5. The van der Waals surface area contributed by atoms with Crippen LogP contribution in [-0.4, -0.2) is 29.7 Å². The largest absolute Gasteiger partial charge is 0.494 e. The van der Waals surface area contributed by atoms with Gasteiger partial charge in [0.2, 0.25) is 5.78 Å². The molecule has 37 heavy (non-hydrogen) atoms. The van der Waals surface area contributed by atoms with Crippen molar-refractivity contribution >= 4 is 16.9 Å². The molecule has 5 rings (SSSR count). The minimum Gasteiger partial charge on any atom is -0.494 e. The van der Waals surface area contributed by atoms with Crippen LogP contribution in [0.5, 0.6) is 5.75 Å². The summed E-state index contributed by atoms with van der Waals surface area (Å²) in [5.74, 6) is 1.39. The van der Waals surface area contributed by atoms with Crippen molar-refractivity contribution in [3.8, 4) is 22.7 Å². The summed E-state index contributed by atoms with van der Waals surface area (Å²) in [5.41, 5.74) is 2.72. The van der Waals surface area contributed by atoms with Crippen LogP contribution in [-0.2, 0) is 14.1 Å². The van der Waals surface area contributed by atoms with Crippen LogP contribution in [0.4, 0.5) is 0 Å². The maximum absolute atomic E-state index is 13.1. The number of ether oxygens (including phenoxy) is 1.